The molecule has 0 spiro atoms. The van der Waals surface area contributed by atoms with Gasteiger partial charge in [0.1, 0.15) is 5.82 Å². The minimum absolute atomic E-state index is 0.122. The van der Waals surface area contributed by atoms with Crippen molar-refractivity contribution in [1.82, 2.24) is 4.98 Å². The Bertz CT molecular complexity index is 730. The summed E-state index contributed by atoms with van der Waals surface area (Å²) in [6.07, 6.45) is 0.742. The fourth-order valence-corrected chi connectivity index (χ4v) is 2.94. The molecule has 0 atom stereocenters. The van der Waals surface area contributed by atoms with Crippen molar-refractivity contribution in [1.29, 1.82) is 0 Å². The first-order valence-corrected chi connectivity index (χ1v) is 8.03. The van der Waals surface area contributed by atoms with E-state index >= 15 is 0 Å². The molecule has 0 unspecified atom stereocenters. The number of benzene rings is 1. The van der Waals surface area contributed by atoms with E-state index in [1.165, 1.54) is 12.1 Å². The van der Waals surface area contributed by atoms with E-state index in [2.05, 4.69) is 9.71 Å². The lowest BCUT2D eigenvalue weighted by Gasteiger charge is -2.09. The number of halogens is 1. The van der Waals surface area contributed by atoms with Crippen LogP contribution in [-0.4, -0.2) is 13.4 Å². The summed E-state index contributed by atoms with van der Waals surface area (Å²) in [5.74, 6) is 0.307. The molecule has 106 valence electrons. The van der Waals surface area contributed by atoms with Gasteiger partial charge in [-0.25, -0.2) is 13.4 Å². The topological polar surface area (TPSA) is 59.1 Å². The third-order valence-corrected chi connectivity index (χ3v) is 4.62. The maximum absolute atomic E-state index is 12.3. The standard InChI is InChI=1S/C14H15ClN2O2S/c1-3-11-5-4-6-14(16-11)17-20(18,19)12-8-7-10(2)13(15)9-12/h4-9H,3H2,1-2H3,(H,16,17). The van der Waals surface area contributed by atoms with Crippen molar-refractivity contribution in [2.75, 3.05) is 4.72 Å². The fraction of sp³-hybridized carbons (Fsp3) is 0.214. The molecule has 6 heteroatoms. The second kappa shape index (κ2) is 5.81. The van der Waals surface area contributed by atoms with Gasteiger partial charge in [0.05, 0.1) is 4.90 Å². The molecule has 0 radical (unpaired) electrons. The van der Waals surface area contributed by atoms with E-state index < -0.39 is 10.0 Å². The van der Waals surface area contributed by atoms with Crippen LogP contribution in [0.2, 0.25) is 5.02 Å². The van der Waals surface area contributed by atoms with Gasteiger partial charge in [-0.05, 0) is 43.2 Å². The molecule has 1 N–H and O–H groups in total. The van der Waals surface area contributed by atoms with Crippen molar-refractivity contribution in [2.24, 2.45) is 0 Å². The van der Waals surface area contributed by atoms with Gasteiger partial charge < -0.3 is 0 Å². The van der Waals surface area contributed by atoms with Gasteiger partial charge in [0, 0.05) is 10.7 Å². The largest absolute Gasteiger partial charge is 0.263 e. The lowest BCUT2D eigenvalue weighted by atomic mass is 10.2. The number of aryl methyl sites for hydroxylation is 2. The first-order valence-electron chi connectivity index (χ1n) is 6.17. The van der Waals surface area contributed by atoms with E-state index in [0.29, 0.717) is 10.8 Å². The van der Waals surface area contributed by atoms with Crippen LogP contribution < -0.4 is 4.72 Å². The van der Waals surface area contributed by atoms with E-state index in [-0.39, 0.29) is 4.90 Å². The van der Waals surface area contributed by atoms with Crippen LogP contribution in [0.15, 0.2) is 41.3 Å². The second-order valence-corrected chi connectivity index (χ2v) is 6.47. The van der Waals surface area contributed by atoms with Crippen molar-refractivity contribution < 1.29 is 8.42 Å². The number of hydrogen-bond donors (Lipinski definition) is 1. The second-order valence-electron chi connectivity index (χ2n) is 4.38. The summed E-state index contributed by atoms with van der Waals surface area (Å²) in [4.78, 5) is 4.34. The third-order valence-electron chi connectivity index (χ3n) is 2.86. The molecule has 2 aromatic rings. The van der Waals surface area contributed by atoms with Crippen LogP contribution in [0.4, 0.5) is 5.82 Å². The molecule has 1 heterocycles. The Hall–Kier alpha value is -1.59. The minimum Gasteiger partial charge on any atom is -0.263 e. The van der Waals surface area contributed by atoms with Gasteiger partial charge >= 0.3 is 0 Å². The number of pyridine rings is 1. The SMILES string of the molecule is CCc1cccc(NS(=O)(=O)c2ccc(C)c(Cl)c2)n1. The molecule has 1 aromatic carbocycles. The van der Waals surface area contributed by atoms with Crippen LogP contribution in [0, 0.1) is 6.92 Å². The summed E-state index contributed by atoms with van der Waals surface area (Å²) in [5, 5.41) is 0.420. The van der Waals surface area contributed by atoms with Crippen LogP contribution in [0.3, 0.4) is 0 Å². The van der Waals surface area contributed by atoms with Gasteiger partial charge in [-0.15, -0.1) is 0 Å². The predicted molar refractivity (Wildman–Crippen MR) is 80.6 cm³/mol. The molecule has 0 aliphatic carbocycles. The van der Waals surface area contributed by atoms with Gasteiger partial charge in [0.15, 0.2) is 0 Å². The molecule has 0 bridgehead atoms. The van der Waals surface area contributed by atoms with Gasteiger partial charge in [0.25, 0.3) is 10.0 Å². The molecule has 0 amide bonds. The molecule has 4 nitrogen and oxygen atoms in total. The highest BCUT2D eigenvalue weighted by molar-refractivity contribution is 7.92. The van der Waals surface area contributed by atoms with Crippen LogP contribution in [0.5, 0.6) is 0 Å². The zero-order valence-corrected chi connectivity index (χ0v) is 12.8. The number of nitrogens with zero attached hydrogens (tertiary/aromatic N) is 1. The Labute approximate surface area is 123 Å². The lowest BCUT2D eigenvalue weighted by molar-refractivity contribution is 0.601. The molecule has 0 aliphatic rings. The molecule has 0 saturated carbocycles. The van der Waals surface area contributed by atoms with Crippen molar-refractivity contribution >= 4 is 27.4 Å². The first-order chi connectivity index (χ1) is 9.42. The highest BCUT2D eigenvalue weighted by atomic mass is 35.5. The summed E-state index contributed by atoms with van der Waals surface area (Å²) in [6, 6.07) is 9.86. The maximum atomic E-state index is 12.3. The average molecular weight is 311 g/mol. The summed E-state index contributed by atoms with van der Waals surface area (Å²) >= 11 is 5.96. The van der Waals surface area contributed by atoms with Crippen LogP contribution in [-0.2, 0) is 16.4 Å². The van der Waals surface area contributed by atoms with Crippen molar-refractivity contribution in [2.45, 2.75) is 25.2 Å². The summed E-state index contributed by atoms with van der Waals surface area (Å²) in [7, 11) is -3.67. The Kier molecular flexibility index (Phi) is 4.30. The van der Waals surface area contributed by atoms with Crippen LogP contribution >= 0.6 is 11.6 Å². The molecular weight excluding hydrogens is 296 g/mol. The summed E-state index contributed by atoms with van der Waals surface area (Å²) in [6.45, 7) is 3.78. The van der Waals surface area contributed by atoms with E-state index in [9.17, 15) is 8.42 Å². The van der Waals surface area contributed by atoms with Crippen molar-refractivity contribution in [3.8, 4) is 0 Å². The van der Waals surface area contributed by atoms with E-state index in [0.717, 1.165) is 17.7 Å². The van der Waals surface area contributed by atoms with Gasteiger partial charge in [-0.2, -0.15) is 0 Å². The number of hydrogen-bond acceptors (Lipinski definition) is 3. The van der Waals surface area contributed by atoms with E-state index in [1.807, 2.05) is 19.9 Å². The first kappa shape index (κ1) is 14.8. The quantitative estimate of drug-likeness (QED) is 0.941. The fourth-order valence-electron chi connectivity index (χ4n) is 1.67. The molecule has 0 aliphatic heterocycles. The highest BCUT2D eigenvalue weighted by Crippen LogP contribution is 2.21. The number of nitrogens with one attached hydrogen (secondary N) is 1. The maximum Gasteiger partial charge on any atom is 0.263 e. The van der Waals surface area contributed by atoms with E-state index in [4.69, 9.17) is 11.6 Å². The van der Waals surface area contributed by atoms with Gasteiger partial charge in [-0.3, -0.25) is 4.72 Å². The van der Waals surface area contributed by atoms with Gasteiger partial charge in [0.2, 0.25) is 0 Å². The molecule has 20 heavy (non-hydrogen) atoms. The van der Waals surface area contributed by atoms with E-state index in [1.54, 1.807) is 18.2 Å². The zero-order valence-electron chi connectivity index (χ0n) is 11.2. The molecule has 2 rings (SSSR count). The van der Waals surface area contributed by atoms with Gasteiger partial charge in [-0.1, -0.05) is 30.7 Å². The normalized spacial score (nSPS) is 11.3. The summed E-state index contributed by atoms with van der Waals surface area (Å²) in [5.41, 5.74) is 1.66. The van der Waals surface area contributed by atoms with Crippen molar-refractivity contribution in [3.05, 3.63) is 52.7 Å². The Morgan fingerprint density at radius 1 is 1.25 bits per heavy atom. The molecule has 1 aromatic heterocycles. The summed E-state index contributed by atoms with van der Waals surface area (Å²) < 4.78 is 27.0. The number of anilines is 1. The zero-order chi connectivity index (χ0) is 14.8. The molecule has 0 fully saturated rings. The molecular formula is C14H15ClN2O2S. The van der Waals surface area contributed by atoms with Crippen molar-refractivity contribution in [3.63, 3.8) is 0 Å². The van der Waals surface area contributed by atoms with Crippen LogP contribution in [0.25, 0.3) is 0 Å². The lowest BCUT2D eigenvalue weighted by Crippen LogP contribution is -2.14. The predicted octanol–water partition coefficient (Wildman–Crippen LogP) is 3.41. The highest BCUT2D eigenvalue weighted by Gasteiger charge is 2.16. The van der Waals surface area contributed by atoms with Crippen LogP contribution in [0.1, 0.15) is 18.2 Å². The Balaban J connectivity index is 2.32. The number of aromatic nitrogens is 1. The Morgan fingerprint density at radius 3 is 2.65 bits per heavy atom. The molecule has 0 saturated heterocycles. The average Bonchev–Trinajstić information content (AvgIpc) is 2.41. The Morgan fingerprint density at radius 2 is 2.00 bits per heavy atom. The monoisotopic (exact) mass is 310 g/mol. The number of sulfonamides is 1. The smallest absolute Gasteiger partial charge is 0.263 e. The minimum atomic E-state index is -3.67. The number of rotatable bonds is 4. The third kappa shape index (κ3) is 3.29.